The number of hydrogen-bond donors (Lipinski definition) is 0. The van der Waals surface area contributed by atoms with Crippen molar-refractivity contribution < 1.29 is 28.6 Å². The second kappa shape index (κ2) is 48.3. The van der Waals surface area contributed by atoms with E-state index in [0.29, 0.717) is 19.3 Å². The molecular weight excluding hydrogens is 733 g/mol. The van der Waals surface area contributed by atoms with Crippen LogP contribution >= 0.6 is 0 Å². The Balaban J connectivity index is 4.29. The monoisotopic (exact) mass is 829 g/mol. The van der Waals surface area contributed by atoms with E-state index in [-0.39, 0.29) is 31.1 Å². The molecular formula is C53H96O6. The summed E-state index contributed by atoms with van der Waals surface area (Å²) in [4.78, 5) is 37.8. The molecule has 0 amide bonds. The lowest BCUT2D eigenvalue weighted by atomic mass is 10.1. The highest BCUT2D eigenvalue weighted by Crippen LogP contribution is 2.14. The normalized spacial score (nSPS) is 12.3. The van der Waals surface area contributed by atoms with Crippen LogP contribution in [0.3, 0.4) is 0 Å². The Labute approximate surface area is 365 Å². The quantitative estimate of drug-likeness (QED) is 0.0263. The molecule has 0 aromatic rings. The van der Waals surface area contributed by atoms with E-state index in [1.165, 1.54) is 148 Å². The standard InChI is InChI=1S/C53H96O6/c1-4-7-10-13-16-19-22-23-24-25-26-27-28-29-32-34-37-40-43-46-52(55)58-49-50(59-53(56)47-44-41-38-35-31-21-18-15-12-9-6-3)48-57-51(54)45-42-39-36-33-30-20-17-14-11-8-5-2/h14-15,17-18,25-26,50H,4-13,16,19-24,27-49H2,1-3H3/b17-14-,18-15-,26-25-. The fourth-order valence-corrected chi connectivity index (χ4v) is 7.16. The largest absolute Gasteiger partial charge is 0.462 e. The van der Waals surface area contributed by atoms with Crippen LogP contribution in [0.5, 0.6) is 0 Å². The summed E-state index contributed by atoms with van der Waals surface area (Å²) in [5, 5.41) is 0. The van der Waals surface area contributed by atoms with Gasteiger partial charge in [0.2, 0.25) is 0 Å². The van der Waals surface area contributed by atoms with Gasteiger partial charge >= 0.3 is 17.9 Å². The molecule has 0 saturated carbocycles. The van der Waals surface area contributed by atoms with Crippen molar-refractivity contribution in [1.29, 1.82) is 0 Å². The molecule has 0 heterocycles. The molecule has 0 N–H and O–H groups in total. The summed E-state index contributed by atoms with van der Waals surface area (Å²) in [5.41, 5.74) is 0. The molecule has 0 aliphatic carbocycles. The Bertz CT molecular complexity index is 1000. The van der Waals surface area contributed by atoms with Crippen LogP contribution in [-0.2, 0) is 28.6 Å². The van der Waals surface area contributed by atoms with Crippen LogP contribution in [0.4, 0.5) is 0 Å². The second-order valence-electron chi connectivity index (χ2n) is 17.1. The average molecular weight is 829 g/mol. The van der Waals surface area contributed by atoms with Crippen molar-refractivity contribution in [3.63, 3.8) is 0 Å². The number of carbonyl (C=O) groups excluding carboxylic acids is 3. The van der Waals surface area contributed by atoms with E-state index < -0.39 is 6.10 Å². The average Bonchev–Trinajstić information content (AvgIpc) is 3.23. The molecule has 0 aromatic heterocycles. The predicted octanol–water partition coefficient (Wildman–Crippen LogP) is 16.5. The fraction of sp³-hybridized carbons (Fsp3) is 0.830. The molecule has 1 atom stereocenters. The highest BCUT2D eigenvalue weighted by Gasteiger charge is 2.19. The van der Waals surface area contributed by atoms with Gasteiger partial charge < -0.3 is 14.2 Å². The van der Waals surface area contributed by atoms with Gasteiger partial charge in [-0.05, 0) is 83.5 Å². The van der Waals surface area contributed by atoms with Gasteiger partial charge in [-0.1, -0.05) is 198 Å². The van der Waals surface area contributed by atoms with E-state index in [2.05, 4.69) is 57.2 Å². The molecule has 1 unspecified atom stereocenters. The molecule has 59 heavy (non-hydrogen) atoms. The maximum Gasteiger partial charge on any atom is 0.306 e. The maximum absolute atomic E-state index is 12.7. The van der Waals surface area contributed by atoms with Crippen LogP contribution in [-0.4, -0.2) is 37.2 Å². The van der Waals surface area contributed by atoms with Crippen LogP contribution in [0.15, 0.2) is 36.5 Å². The number of allylic oxidation sites excluding steroid dienone is 6. The number of rotatable bonds is 46. The van der Waals surface area contributed by atoms with Crippen molar-refractivity contribution in [2.45, 2.75) is 271 Å². The molecule has 0 bridgehead atoms. The molecule has 0 aliphatic rings. The Kier molecular flexibility index (Phi) is 46.4. The lowest BCUT2D eigenvalue weighted by Crippen LogP contribution is -2.30. The molecule has 0 spiro atoms. The van der Waals surface area contributed by atoms with E-state index in [1.807, 2.05) is 0 Å². The smallest absolute Gasteiger partial charge is 0.306 e. The first kappa shape index (κ1) is 56.6. The highest BCUT2D eigenvalue weighted by atomic mass is 16.6. The Hall–Kier alpha value is -2.37. The summed E-state index contributed by atoms with van der Waals surface area (Å²) in [6.07, 6.45) is 55.6. The van der Waals surface area contributed by atoms with E-state index in [4.69, 9.17) is 14.2 Å². The van der Waals surface area contributed by atoms with Gasteiger partial charge in [0.05, 0.1) is 0 Å². The van der Waals surface area contributed by atoms with Crippen LogP contribution in [0.2, 0.25) is 0 Å². The van der Waals surface area contributed by atoms with Crippen molar-refractivity contribution in [3.8, 4) is 0 Å². The molecule has 0 aromatic carbocycles. The van der Waals surface area contributed by atoms with Crippen molar-refractivity contribution >= 4 is 17.9 Å². The molecule has 0 aliphatic heterocycles. The van der Waals surface area contributed by atoms with E-state index >= 15 is 0 Å². The first-order valence-electron chi connectivity index (χ1n) is 25.5. The number of ether oxygens (including phenoxy) is 3. The van der Waals surface area contributed by atoms with Crippen molar-refractivity contribution in [1.82, 2.24) is 0 Å². The summed E-state index contributed by atoms with van der Waals surface area (Å²) in [6.45, 7) is 6.55. The number of unbranched alkanes of at least 4 members (excludes halogenated alkanes) is 29. The third-order valence-electron chi connectivity index (χ3n) is 11.1. The van der Waals surface area contributed by atoms with Crippen molar-refractivity contribution in [2.24, 2.45) is 0 Å². The Morgan fingerprint density at radius 3 is 0.898 bits per heavy atom. The van der Waals surface area contributed by atoms with E-state index in [9.17, 15) is 14.4 Å². The van der Waals surface area contributed by atoms with Gasteiger partial charge in [0.15, 0.2) is 6.10 Å². The van der Waals surface area contributed by atoms with Crippen LogP contribution in [0.25, 0.3) is 0 Å². The minimum absolute atomic E-state index is 0.0793. The zero-order valence-corrected chi connectivity index (χ0v) is 39.3. The maximum atomic E-state index is 12.7. The molecule has 6 nitrogen and oxygen atoms in total. The third kappa shape index (κ3) is 46.5. The van der Waals surface area contributed by atoms with Gasteiger partial charge in [-0.2, -0.15) is 0 Å². The van der Waals surface area contributed by atoms with Gasteiger partial charge in [0.25, 0.3) is 0 Å². The Morgan fingerprint density at radius 1 is 0.322 bits per heavy atom. The highest BCUT2D eigenvalue weighted by molar-refractivity contribution is 5.71. The number of esters is 3. The van der Waals surface area contributed by atoms with Crippen LogP contribution in [0.1, 0.15) is 265 Å². The Morgan fingerprint density at radius 2 is 0.576 bits per heavy atom. The van der Waals surface area contributed by atoms with E-state index in [1.54, 1.807) is 0 Å². The van der Waals surface area contributed by atoms with E-state index in [0.717, 1.165) is 77.0 Å². The summed E-state index contributed by atoms with van der Waals surface area (Å²) in [5.74, 6) is -0.897. The zero-order chi connectivity index (χ0) is 43.0. The molecule has 0 rings (SSSR count). The zero-order valence-electron chi connectivity index (χ0n) is 39.3. The first-order chi connectivity index (χ1) is 29.0. The molecule has 0 radical (unpaired) electrons. The van der Waals surface area contributed by atoms with Gasteiger partial charge in [0.1, 0.15) is 13.2 Å². The number of hydrogen-bond acceptors (Lipinski definition) is 6. The third-order valence-corrected chi connectivity index (χ3v) is 11.1. The minimum Gasteiger partial charge on any atom is -0.462 e. The van der Waals surface area contributed by atoms with Crippen LogP contribution < -0.4 is 0 Å². The summed E-state index contributed by atoms with van der Waals surface area (Å²) in [6, 6.07) is 0. The number of carbonyl (C=O) groups is 3. The summed E-state index contributed by atoms with van der Waals surface area (Å²) < 4.78 is 16.7. The summed E-state index contributed by atoms with van der Waals surface area (Å²) >= 11 is 0. The van der Waals surface area contributed by atoms with Gasteiger partial charge in [-0.25, -0.2) is 0 Å². The second-order valence-corrected chi connectivity index (χ2v) is 17.1. The first-order valence-corrected chi connectivity index (χ1v) is 25.5. The van der Waals surface area contributed by atoms with Crippen molar-refractivity contribution in [3.05, 3.63) is 36.5 Å². The molecule has 6 heteroatoms. The predicted molar refractivity (Wildman–Crippen MR) is 252 cm³/mol. The minimum atomic E-state index is -0.778. The van der Waals surface area contributed by atoms with Gasteiger partial charge in [-0.15, -0.1) is 0 Å². The van der Waals surface area contributed by atoms with Gasteiger partial charge in [-0.3, -0.25) is 14.4 Å². The van der Waals surface area contributed by atoms with Crippen LogP contribution in [0, 0.1) is 0 Å². The SMILES string of the molecule is CCCC/C=C\CCCCCCCC(=O)OCC(COC(=O)CCCCCCCCC/C=C\CCCCCCCCCC)OC(=O)CCCCCCC/C=C\CCCC. The van der Waals surface area contributed by atoms with Gasteiger partial charge in [0, 0.05) is 19.3 Å². The summed E-state index contributed by atoms with van der Waals surface area (Å²) in [7, 11) is 0. The molecule has 0 fully saturated rings. The lowest BCUT2D eigenvalue weighted by Gasteiger charge is -2.18. The fourth-order valence-electron chi connectivity index (χ4n) is 7.16. The van der Waals surface area contributed by atoms with Crippen molar-refractivity contribution in [2.75, 3.05) is 13.2 Å². The lowest BCUT2D eigenvalue weighted by molar-refractivity contribution is -0.167. The topological polar surface area (TPSA) is 78.9 Å². The molecule has 0 saturated heterocycles. The molecule has 344 valence electrons.